The second-order valence-corrected chi connectivity index (χ2v) is 6.68. The summed E-state index contributed by atoms with van der Waals surface area (Å²) >= 11 is 0. The molecule has 0 unspecified atom stereocenters. The maximum atomic E-state index is 4.35. The lowest BCUT2D eigenvalue weighted by atomic mass is 10.1. The molecule has 3 rings (SSSR count). The van der Waals surface area contributed by atoms with Crippen molar-refractivity contribution >= 4 is 5.96 Å². The fraction of sp³-hybridized carbons (Fsp3) is 0.273. The van der Waals surface area contributed by atoms with Crippen molar-refractivity contribution in [2.75, 3.05) is 7.05 Å². The third-order valence-electron chi connectivity index (χ3n) is 4.62. The highest BCUT2D eigenvalue weighted by molar-refractivity contribution is 5.79. The maximum absolute atomic E-state index is 4.35. The zero-order valence-corrected chi connectivity index (χ0v) is 16.2. The topological polar surface area (TPSA) is 54.2 Å². The van der Waals surface area contributed by atoms with Gasteiger partial charge in [0.2, 0.25) is 0 Å². The van der Waals surface area contributed by atoms with Gasteiger partial charge in [0.1, 0.15) is 0 Å². The van der Waals surface area contributed by atoms with E-state index in [4.69, 9.17) is 0 Å². The minimum absolute atomic E-state index is 0.712. The lowest BCUT2D eigenvalue weighted by Crippen LogP contribution is -2.36. The molecule has 5 nitrogen and oxygen atoms in total. The van der Waals surface area contributed by atoms with Crippen LogP contribution in [0.2, 0.25) is 0 Å². The Bertz CT molecular complexity index is 897. The van der Waals surface area contributed by atoms with Crippen molar-refractivity contribution in [2.45, 2.75) is 33.5 Å². The van der Waals surface area contributed by atoms with Crippen LogP contribution in [-0.4, -0.2) is 22.8 Å². The van der Waals surface area contributed by atoms with Crippen LogP contribution in [0.15, 0.2) is 65.9 Å². The smallest absolute Gasteiger partial charge is 0.191 e. The highest BCUT2D eigenvalue weighted by Crippen LogP contribution is 2.11. The van der Waals surface area contributed by atoms with Crippen molar-refractivity contribution in [3.8, 4) is 0 Å². The average molecular weight is 361 g/mol. The van der Waals surface area contributed by atoms with Gasteiger partial charge in [0.05, 0.1) is 6.54 Å². The number of nitrogens with zero attached hydrogens (tertiary/aromatic N) is 3. The summed E-state index contributed by atoms with van der Waals surface area (Å²) in [6.45, 7) is 6.49. The molecule has 0 fully saturated rings. The molecule has 0 bridgehead atoms. The molecule has 3 aromatic rings. The Labute approximate surface area is 161 Å². The average Bonchev–Trinajstić information content (AvgIpc) is 3.17. The van der Waals surface area contributed by atoms with Gasteiger partial charge >= 0.3 is 0 Å². The molecule has 2 N–H and O–H groups in total. The van der Waals surface area contributed by atoms with Gasteiger partial charge in [-0.2, -0.15) is 5.10 Å². The molecule has 27 heavy (non-hydrogen) atoms. The van der Waals surface area contributed by atoms with E-state index in [-0.39, 0.29) is 0 Å². The quantitative estimate of drug-likeness (QED) is 0.522. The SMILES string of the molecule is CN=C(NCc1ccc(C)cc1C)NCc1ccccc1Cn1cccn1. The molecule has 2 aromatic carbocycles. The van der Waals surface area contributed by atoms with E-state index >= 15 is 0 Å². The van der Waals surface area contributed by atoms with E-state index in [2.05, 4.69) is 77.0 Å². The van der Waals surface area contributed by atoms with Gasteiger partial charge in [-0.3, -0.25) is 9.67 Å². The van der Waals surface area contributed by atoms with Crippen LogP contribution in [0, 0.1) is 13.8 Å². The van der Waals surface area contributed by atoms with Crippen LogP contribution in [-0.2, 0) is 19.6 Å². The summed E-state index contributed by atoms with van der Waals surface area (Å²) in [4.78, 5) is 4.35. The number of benzene rings is 2. The molecule has 0 aliphatic rings. The normalized spacial score (nSPS) is 11.4. The Morgan fingerprint density at radius 3 is 2.37 bits per heavy atom. The number of hydrogen-bond donors (Lipinski definition) is 2. The first kappa shape index (κ1) is 18.7. The van der Waals surface area contributed by atoms with E-state index in [0.29, 0.717) is 6.54 Å². The number of aromatic nitrogens is 2. The van der Waals surface area contributed by atoms with Crippen LogP contribution >= 0.6 is 0 Å². The summed E-state index contributed by atoms with van der Waals surface area (Å²) in [5.74, 6) is 0.795. The van der Waals surface area contributed by atoms with Crippen molar-refractivity contribution in [1.82, 2.24) is 20.4 Å². The van der Waals surface area contributed by atoms with E-state index in [1.54, 1.807) is 13.2 Å². The second kappa shape index (κ2) is 9.03. The molecular formula is C22H27N5. The van der Waals surface area contributed by atoms with Gasteiger partial charge < -0.3 is 10.6 Å². The molecule has 140 valence electrons. The minimum atomic E-state index is 0.712. The Balaban J connectivity index is 1.60. The number of rotatable bonds is 6. The fourth-order valence-electron chi connectivity index (χ4n) is 3.08. The summed E-state index contributed by atoms with van der Waals surface area (Å²) in [7, 11) is 1.80. The fourth-order valence-corrected chi connectivity index (χ4v) is 3.08. The molecule has 1 heterocycles. The first-order chi connectivity index (χ1) is 13.2. The van der Waals surface area contributed by atoms with Crippen LogP contribution in [0.3, 0.4) is 0 Å². The van der Waals surface area contributed by atoms with Crippen LogP contribution in [0.4, 0.5) is 0 Å². The predicted molar refractivity (Wildman–Crippen MR) is 111 cm³/mol. The van der Waals surface area contributed by atoms with Gasteiger partial charge in [-0.05, 0) is 42.2 Å². The zero-order chi connectivity index (χ0) is 19.1. The first-order valence-electron chi connectivity index (χ1n) is 9.20. The van der Waals surface area contributed by atoms with Gasteiger partial charge in [-0.25, -0.2) is 0 Å². The van der Waals surface area contributed by atoms with Crippen molar-refractivity contribution in [2.24, 2.45) is 4.99 Å². The van der Waals surface area contributed by atoms with Gasteiger partial charge in [-0.1, -0.05) is 48.0 Å². The van der Waals surface area contributed by atoms with Gasteiger partial charge in [0, 0.05) is 32.5 Å². The summed E-state index contributed by atoms with van der Waals surface area (Å²) in [5.41, 5.74) is 6.35. The highest BCUT2D eigenvalue weighted by Gasteiger charge is 2.05. The molecule has 0 saturated carbocycles. The standard InChI is InChI=1S/C22H27N5/c1-17-9-10-19(18(2)13-17)14-24-22(23-3)25-15-20-7-4-5-8-21(20)16-27-12-6-11-26-27/h4-13H,14-16H2,1-3H3,(H2,23,24,25). The Morgan fingerprint density at radius 2 is 1.70 bits per heavy atom. The van der Waals surface area contributed by atoms with Gasteiger partial charge in [0.25, 0.3) is 0 Å². The Kier molecular flexibility index (Phi) is 6.26. The summed E-state index contributed by atoms with van der Waals surface area (Å²) in [6.07, 6.45) is 3.79. The number of aliphatic imine (C=N–C) groups is 1. The Morgan fingerprint density at radius 1 is 0.963 bits per heavy atom. The molecule has 0 radical (unpaired) electrons. The molecule has 0 amide bonds. The van der Waals surface area contributed by atoms with Crippen LogP contribution in [0.1, 0.15) is 27.8 Å². The lowest BCUT2D eigenvalue weighted by molar-refractivity contribution is 0.677. The van der Waals surface area contributed by atoms with Crippen LogP contribution < -0.4 is 10.6 Å². The van der Waals surface area contributed by atoms with Gasteiger partial charge in [0.15, 0.2) is 5.96 Å². The second-order valence-electron chi connectivity index (χ2n) is 6.68. The molecule has 5 heteroatoms. The summed E-state index contributed by atoms with van der Waals surface area (Å²) < 4.78 is 1.94. The van der Waals surface area contributed by atoms with Crippen molar-refractivity contribution in [3.63, 3.8) is 0 Å². The maximum Gasteiger partial charge on any atom is 0.191 e. The number of aryl methyl sites for hydroxylation is 2. The van der Waals surface area contributed by atoms with Crippen molar-refractivity contribution < 1.29 is 0 Å². The van der Waals surface area contributed by atoms with Gasteiger partial charge in [-0.15, -0.1) is 0 Å². The van der Waals surface area contributed by atoms with E-state index in [0.717, 1.165) is 19.0 Å². The third-order valence-corrected chi connectivity index (χ3v) is 4.62. The van der Waals surface area contributed by atoms with Crippen LogP contribution in [0.25, 0.3) is 0 Å². The van der Waals surface area contributed by atoms with E-state index in [9.17, 15) is 0 Å². The summed E-state index contributed by atoms with van der Waals surface area (Å²) in [5, 5.41) is 11.1. The highest BCUT2D eigenvalue weighted by atomic mass is 15.3. The Hall–Kier alpha value is -3.08. The van der Waals surface area contributed by atoms with E-state index in [1.165, 1.54) is 27.8 Å². The molecule has 0 atom stereocenters. The minimum Gasteiger partial charge on any atom is -0.352 e. The number of nitrogens with one attached hydrogen (secondary N) is 2. The molecule has 0 saturated heterocycles. The zero-order valence-electron chi connectivity index (χ0n) is 16.2. The lowest BCUT2D eigenvalue weighted by Gasteiger charge is -2.15. The molecule has 1 aromatic heterocycles. The summed E-state index contributed by atoms with van der Waals surface area (Å²) in [6, 6.07) is 16.9. The van der Waals surface area contributed by atoms with E-state index in [1.807, 2.05) is 16.9 Å². The largest absolute Gasteiger partial charge is 0.352 e. The van der Waals surface area contributed by atoms with Crippen molar-refractivity contribution in [1.29, 1.82) is 0 Å². The first-order valence-corrected chi connectivity index (χ1v) is 9.20. The number of guanidine groups is 1. The molecule has 0 spiro atoms. The van der Waals surface area contributed by atoms with Crippen LogP contribution in [0.5, 0.6) is 0 Å². The molecular weight excluding hydrogens is 334 g/mol. The predicted octanol–water partition coefficient (Wildman–Crippen LogP) is 3.41. The monoisotopic (exact) mass is 361 g/mol. The molecule has 0 aliphatic carbocycles. The number of hydrogen-bond acceptors (Lipinski definition) is 2. The third kappa shape index (κ3) is 5.20. The van der Waals surface area contributed by atoms with Crippen molar-refractivity contribution in [3.05, 3.63) is 88.7 Å². The molecule has 0 aliphatic heterocycles. The van der Waals surface area contributed by atoms with E-state index < -0.39 is 0 Å².